The van der Waals surface area contributed by atoms with Crippen molar-refractivity contribution in [2.75, 3.05) is 0 Å². The van der Waals surface area contributed by atoms with Gasteiger partial charge in [0.25, 0.3) is 0 Å². The number of rotatable bonds is 5. The summed E-state index contributed by atoms with van der Waals surface area (Å²) in [7, 11) is -4.50. The molecule has 0 atom stereocenters. The number of benzene rings is 1. The van der Waals surface area contributed by atoms with Gasteiger partial charge in [-0.2, -0.15) is 0 Å². The summed E-state index contributed by atoms with van der Waals surface area (Å²) in [4.78, 5) is 31.3. The Hall–Kier alpha value is -2.51. The number of hydrogen-bond donors (Lipinski definition) is 2. The average molecular weight is 405 g/mol. The lowest BCUT2D eigenvalue weighted by Gasteiger charge is -2.07. The Morgan fingerprint density at radius 3 is 2.59 bits per heavy atom. The number of hydrogen-bond acceptors (Lipinski definition) is 5. The normalized spacial score (nSPS) is 12.0. The molecule has 0 amide bonds. The third-order valence-corrected chi connectivity index (χ3v) is 5.14. The van der Waals surface area contributed by atoms with Gasteiger partial charge in [-0.15, -0.1) is 0 Å². The maximum atomic E-state index is 11.4. The molecule has 27 heavy (non-hydrogen) atoms. The van der Waals surface area contributed by atoms with Crippen LogP contribution in [0.15, 0.2) is 53.2 Å². The summed E-state index contributed by atoms with van der Waals surface area (Å²) in [5.41, 5.74) is 1.63. The highest BCUT2D eigenvalue weighted by atomic mass is 35.5. The van der Waals surface area contributed by atoms with E-state index in [1.807, 2.05) is 30.3 Å². The largest absolute Gasteiger partial charge is 0.445 e. The topological polar surface area (TPSA) is 114 Å². The Kier molecular flexibility index (Phi) is 4.57. The molecule has 4 rings (SSSR count). The van der Waals surface area contributed by atoms with Crippen LogP contribution in [0.1, 0.15) is 5.56 Å². The molecule has 0 bridgehead atoms. The fourth-order valence-corrected chi connectivity index (χ4v) is 3.46. The van der Waals surface area contributed by atoms with E-state index in [2.05, 4.69) is 15.0 Å². The summed E-state index contributed by atoms with van der Waals surface area (Å²) in [6.45, 7) is 0.523. The van der Waals surface area contributed by atoms with E-state index < -0.39 is 13.1 Å². The zero-order valence-electron chi connectivity index (χ0n) is 13.9. The maximum absolute atomic E-state index is 11.4. The van der Waals surface area contributed by atoms with Crippen molar-refractivity contribution >= 4 is 35.9 Å². The summed E-state index contributed by atoms with van der Waals surface area (Å²) in [6.07, 6.45) is 2.05. The van der Waals surface area contributed by atoms with E-state index in [0.717, 1.165) is 5.56 Å². The second kappa shape index (κ2) is 6.90. The van der Waals surface area contributed by atoms with Gasteiger partial charge in [0.15, 0.2) is 22.4 Å². The van der Waals surface area contributed by atoms with Crippen LogP contribution < -0.4 is 5.50 Å². The molecule has 10 heteroatoms. The minimum absolute atomic E-state index is 0.196. The lowest BCUT2D eigenvalue weighted by Crippen LogP contribution is -2.05. The number of furan rings is 1. The lowest BCUT2D eigenvalue weighted by atomic mass is 10.1. The van der Waals surface area contributed by atoms with E-state index in [1.54, 1.807) is 4.57 Å². The Balaban J connectivity index is 1.80. The first-order chi connectivity index (χ1) is 12.9. The second-order valence-corrected chi connectivity index (χ2v) is 7.73. The highest BCUT2D eigenvalue weighted by Gasteiger charge is 2.25. The van der Waals surface area contributed by atoms with Crippen molar-refractivity contribution in [2.45, 2.75) is 13.0 Å². The van der Waals surface area contributed by atoms with Gasteiger partial charge in [-0.1, -0.05) is 41.9 Å². The molecule has 2 N–H and O–H groups in total. The van der Waals surface area contributed by atoms with E-state index in [1.165, 1.54) is 18.5 Å². The van der Waals surface area contributed by atoms with Crippen LogP contribution in [0, 0.1) is 0 Å². The van der Waals surface area contributed by atoms with E-state index in [-0.39, 0.29) is 10.9 Å². The van der Waals surface area contributed by atoms with Gasteiger partial charge in [0.05, 0.1) is 0 Å². The van der Waals surface area contributed by atoms with Gasteiger partial charge in [0.1, 0.15) is 11.8 Å². The molecule has 0 aliphatic carbocycles. The van der Waals surface area contributed by atoms with Crippen LogP contribution in [0.25, 0.3) is 22.7 Å². The van der Waals surface area contributed by atoms with Gasteiger partial charge in [-0.3, -0.25) is 4.57 Å². The summed E-state index contributed by atoms with van der Waals surface area (Å²) in [5, 5.41) is 0.196. The molecule has 0 unspecified atom stereocenters. The van der Waals surface area contributed by atoms with Crippen molar-refractivity contribution in [3.63, 3.8) is 0 Å². The number of fused-ring (bicyclic) bond motifs is 1. The molecular formula is C17H14ClN4O4P. The Morgan fingerprint density at radius 2 is 1.89 bits per heavy atom. The fourth-order valence-electron chi connectivity index (χ4n) is 2.80. The summed E-state index contributed by atoms with van der Waals surface area (Å²) in [6, 6.07) is 12.6. The molecule has 0 saturated heterocycles. The fraction of sp³-hybridized carbons (Fsp3) is 0.118. The first-order valence-electron chi connectivity index (χ1n) is 8.00. The molecule has 0 fully saturated rings. The molecule has 1 aromatic carbocycles. The van der Waals surface area contributed by atoms with Crippen LogP contribution in [0.2, 0.25) is 5.15 Å². The highest BCUT2D eigenvalue weighted by molar-refractivity contribution is 7.59. The molecule has 138 valence electrons. The third-order valence-electron chi connectivity index (χ3n) is 4.05. The maximum Gasteiger partial charge on any atom is 0.391 e. The standard InChI is InChI=1S/C17H14ClN4O4P/c18-15-14-17(20-10-19-15)22(9-8-11-4-2-1-3-5-11)16(21-14)12-6-7-13(26-12)27(23,24)25/h1-7,10H,8-9H2,(H2,23,24,25). The van der Waals surface area contributed by atoms with Gasteiger partial charge in [-0.05, 0) is 24.1 Å². The highest BCUT2D eigenvalue weighted by Crippen LogP contribution is 2.36. The number of aryl methyl sites for hydroxylation is 2. The van der Waals surface area contributed by atoms with Crippen molar-refractivity contribution < 1.29 is 18.8 Å². The first-order valence-corrected chi connectivity index (χ1v) is 9.99. The monoisotopic (exact) mass is 404 g/mol. The van der Waals surface area contributed by atoms with Crippen LogP contribution >= 0.6 is 19.2 Å². The van der Waals surface area contributed by atoms with Crippen LogP contribution in [-0.4, -0.2) is 29.3 Å². The number of nitrogens with zero attached hydrogens (tertiary/aromatic N) is 4. The lowest BCUT2D eigenvalue weighted by molar-refractivity contribution is 0.377. The van der Waals surface area contributed by atoms with Crippen molar-refractivity contribution in [2.24, 2.45) is 0 Å². The van der Waals surface area contributed by atoms with E-state index in [9.17, 15) is 14.4 Å². The number of halogens is 1. The molecule has 0 aliphatic rings. The predicted octanol–water partition coefficient (Wildman–Crippen LogP) is 2.79. The van der Waals surface area contributed by atoms with E-state index >= 15 is 0 Å². The summed E-state index contributed by atoms with van der Waals surface area (Å²) in [5.74, 6) is 0.596. The molecule has 3 heterocycles. The zero-order valence-corrected chi connectivity index (χ0v) is 15.5. The number of aromatic nitrogens is 4. The van der Waals surface area contributed by atoms with Crippen LogP contribution in [0.5, 0.6) is 0 Å². The van der Waals surface area contributed by atoms with Crippen LogP contribution in [0.3, 0.4) is 0 Å². The Bertz CT molecular complexity index is 1150. The first kappa shape index (κ1) is 17.9. The van der Waals surface area contributed by atoms with Crippen LogP contribution in [0.4, 0.5) is 0 Å². The minimum Gasteiger partial charge on any atom is -0.445 e. The smallest absolute Gasteiger partial charge is 0.391 e. The van der Waals surface area contributed by atoms with Gasteiger partial charge < -0.3 is 18.8 Å². The van der Waals surface area contributed by atoms with Crippen molar-refractivity contribution in [3.05, 3.63) is 59.5 Å². The summed E-state index contributed by atoms with van der Waals surface area (Å²) < 4.78 is 18.6. The Labute approximate surface area is 158 Å². The number of imidazole rings is 1. The van der Waals surface area contributed by atoms with Crippen LogP contribution in [-0.2, 0) is 17.5 Å². The average Bonchev–Trinajstić information content (AvgIpc) is 3.26. The zero-order chi connectivity index (χ0) is 19.0. The summed E-state index contributed by atoms with van der Waals surface area (Å²) >= 11 is 6.14. The van der Waals surface area contributed by atoms with Crippen molar-refractivity contribution in [3.8, 4) is 11.6 Å². The van der Waals surface area contributed by atoms with Gasteiger partial charge >= 0.3 is 7.60 Å². The van der Waals surface area contributed by atoms with E-state index in [0.29, 0.717) is 30.0 Å². The van der Waals surface area contributed by atoms with E-state index in [4.69, 9.17) is 16.0 Å². The van der Waals surface area contributed by atoms with Gasteiger partial charge in [-0.25, -0.2) is 15.0 Å². The quantitative estimate of drug-likeness (QED) is 0.388. The molecule has 0 spiro atoms. The molecular weight excluding hydrogens is 391 g/mol. The van der Waals surface area contributed by atoms with Crippen molar-refractivity contribution in [1.82, 2.24) is 19.5 Å². The molecule has 8 nitrogen and oxygen atoms in total. The molecule has 3 aromatic heterocycles. The minimum atomic E-state index is -4.50. The van der Waals surface area contributed by atoms with Gasteiger partial charge in [0.2, 0.25) is 5.50 Å². The predicted molar refractivity (Wildman–Crippen MR) is 99.9 cm³/mol. The molecule has 0 saturated carbocycles. The van der Waals surface area contributed by atoms with Crippen molar-refractivity contribution in [1.29, 1.82) is 0 Å². The second-order valence-electron chi connectivity index (χ2n) is 5.84. The molecule has 0 aliphatic heterocycles. The molecule has 4 aromatic rings. The molecule has 0 radical (unpaired) electrons. The third kappa shape index (κ3) is 3.52. The Morgan fingerprint density at radius 1 is 1.11 bits per heavy atom. The SMILES string of the molecule is O=P(O)(O)c1ccc(-c2nc3c(Cl)ncnc3n2CCc2ccccc2)o1. The van der Waals surface area contributed by atoms with Gasteiger partial charge in [0, 0.05) is 6.54 Å².